The number of benzene rings is 1. The molecule has 2 nitrogen and oxygen atoms in total. The van der Waals surface area contributed by atoms with Gasteiger partial charge >= 0.3 is 0 Å². The predicted octanol–water partition coefficient (Wildman–Crippen LogP) is 4.07. The molecule has 2 unspecified atom stereocenters. The largest absolute Gasteiger partial charge is 0.379 e. The molecule has 0 saturated heterocycles. The number of rotatable bonds is 6. The minimum Gasteiger partial charge on any atom is -0.379 e. The van der Waals surface area contributed by atoms with Crippen molar-refractivity contribution in [2.75, 3.05) is 13.7 Å². The van der Waals surface area contributed by atoms with Gasteiger partial charge in [-0.2, -0.15) is 0 Å². The van der Waals surface area contributed by atoms with Gasteiger partial charge in [-0.1, -0.05) is 33.8 Å². The van der Waals surface area contributed by atoms with E-state index in [0.717, 1.165) is 19.0 Å². The quantitative estimate of drug-likeness (QED) is 0.851. The third-order valence-corrected chi connectivity index (χ3v) is 3.32. The van der Waals surface area contributed by atoms with Crippen LogP contribution in [0.2, 0.25) is 0 Å². The van der Waals surface area contributed by atoms with Gasteiger partial charge in [0.05, 0.1) is 12.1 Å². The van der Waals surface area contributed by atoms with E-state index in [0.29, 0.717) is 5.56 Å². The Bertz CT molecular complexity index is 429. The lowest BCUT2D eigenvalue weighted by atomic mass is 9.81. The molecule has 0 aliphatic rings. The maximum absolute atomic E-state index is 14.1. The van der Waals surface area contributed by atoms with Gasteiger partial charge in [-0.15, -0.1) is 0 Å². The van der Waals surface area contributed by atoms with Crippen LogP contribution in [-0.4, -0.2) is 19.8 Å². The van der Waals surface area contributed by atoms with Gasteiger partial charge in [-0.25, -0.2) is 8.78 Å². The van der Waals surface area contributed by atoms with E-state index >= 15 is 0 Å². The van der Waals surface area contributed by atoms with Gasteiger partial charge in [-0.05, 0) is 24.4 Å². The summed E-state index contributed by atoms with van der Waals surface area (Å²) in [6.07, 6.45) is 0.717. The highest BCUT2D eigenvalue weighted by Crippen LogP contribution is 2.33. The molecule has 1 N–H and O–H groups in total. The molecule has 0 radical (unpaired) electrons. The smallest absolute Gasteiger partial charge is 0.130 e. The lowest BCUT2D eigenvalue weighted by Gasteiger charge is -2.37. The summed E-state index contributed by atoms with van der Waals surface area (Å²) in [6.45, 7) is 8.93. The summed E-state index contributed by atoms with van der Waals surface area (Å²) in [7, 11) is 1.62. The molecule has 0 aromatic heterocycles. The average Bonchev–Trinajstić information content (AvgIpc) is 2.33. The molecule has 1 aromatic rings. The lowest BCUT2D eigenvalue weighted by Crippen LogP contribution is -2.42. The number of methoxy groups -OCH3 is 1. The van der Waals surface area contributed by atoms with E-state index in [2.05, 4.69) is 5.32 Å². The molecule has 0 aliphatic heterocycles. The zero-order valence-corrected chi connectivity index (χ0v) is 13.0. The third-order valence-electron chi connectivity index (χ3n) is 3.32. The first-order valence-corrected chi connectivity index (χ1v) is 7.02. The molecule has 1 aromatic carbocycles. The van der Waals surface area contributed by atoms with Crippen molar-refractivity contribution in [2.24, 2.45) is 5.41 Å². The summed E-state index contributed by atoms with van der Waals surface area (Å²) in [4.78, 5) is 0. The highest BCUT2D eigenvalue weighted by Gasteiger charge is 2.34. The van der Waals surface area contributed by atoms with Crippen LogP contribution in [-0.2, 0) is 4.74 Å². The molecule has 0 fully saturated rings. The minimum atomic E-state index is -0.565. The summed E-state index contributed by atoms with van der Waals surface area (Å²) in [5.41, 5.74) is 0.280. The normalized spacial score (nSPS) is 15.2. The van der Waals surface area contributed by atoms with Gasteiger partial charge in [0.25, 0.3) is 0 Å². The summed E-state index contributed by atoms with van der Waals surface area (Å²) in [6, 6.07) is 3.40. The lowest BCUT2D eigenvalue weighted by molar-refractivity contribution is -0.0127. The number of halogens is 2. The van der Waals surface area contributed by atoms with Crippen molar-refractivity contribution in [3.8, 4) is 0 Å². The average molecular weight is 285 g/mol. The molecular formula is C16H25F2NO. The second kappa shape index (κ2) is 7.14. The second-order valence-corrected chi connectivity index (χ2v) is 6.12. The van der Waals surface area contributed by atoms with E-state index in [-0.39, 0.29) is 17.6 Å². The van der Waals surface area contributed by atoms with Crippen LogP contribution in [0.4, 0.5) is 8.78 Å². The molecule has 0 bridgehead atoms. The fourth-order valence-corrected chi connectivity index (χ4v) is 2.42. The van der Waals surface area contributed by atoms with Crippen LogP contribution >= 0.6 is 0 Å². The Labute approximate surface area is 120 Å². The minimum absolute atomic E-state index is 0.166. The molecule has 4 heteroatoms. The molecular weight excluding hydrogens is 260 g/mol. The Hall–Kier alpha value is -1.00. The van der Waals surface area contributed by atoms with Crippen LogP contribution in [0.15, 0.2) is 18.2 Å². The van der Waals surface area contributed by atoms with Crippen LogP contribution in [0, 0.1) is 17.0 Å². The standard InChI is InChI=1S/C16H25F2NO/c1-6-9-19-14(15(20-5)16(2,3)4)12-8-7-11(17)10-13(12)18/h7-8,10,14-15,19H,6,9H2,1-5H3. The SMILES string of the molecule is CCCNC(c1ccc(F)cc1F)C(OC)C(C)(C)C. The first-order chi connectivity index (χ1) is 9.31. The molecule has 114 valence electrons. The Morgan fingerprint density at radius 3 is 2.35 bits per heavy atom. The molecule has 0 heterocycles. The number of hydrogen-bond acceptors (Lipinski definition) is 2. The van der Waals surface area contributed by atoms with Crippen LogP contribution in [0.3, 0.4) is 0 Å². The fourth-order valence-electron chi connectivity index (χ4n) is 2.42. The molecule has 1 rings (SSSR count). The predicted molar refractivity (Wildman–Crippen MR) is 77.6 cm³/mol. The van der Waals surface area contributed by atoms with Crippen molar-refractivity contribution >= 4 is 0 Å². The van der Waals surface area contributed by atoms with E-state index < -0.39 is 11.6 Å². The van der Waals surface area contributed by atoms with E-state index in [9.17, 15) is 8.78 Å². The van der Waals surface area contributed by atoms with Crippen LogP contribution in [0.5, 0.6) is 0 Å². The van der Waals surface area contributed by atoms with E-state index in [1.807, 2.05) is 27.7 Å². The fraction of sp³-hybridized carbons (Fsp3) is 0.625. The van der Waals surface area contributed by atoms with Crippen molar-refractivity contribution in [3.05, 3.63) is 35.4 Å². The van der Waals surface area contributed by atoms with Crippen LogP contribution in [0.1, 0.15) is 45.7 Å². The van der Waals surface area contributed by atoms with E-state index in [1.165, 1.54) is 12.1 Å². The zero-order valence-electron chi connectivity index (χ0n) is 13.0. The molecule has 20 heavy (non-hydrogen) atoms. The number of hydrogen-bond donors (Lipinski definition) is 1. The summed E-state index contributed by atoms with van der Waals surface area (Å²) in [5.74, 6) is -1.10. The number of ether oxygens (including phenoxy) is 1. The zero-order chi connectivity index (χ0) is 15.3. The van der Waals surface area contributed by atoms with Gasteiger partial charge in [-0.3, -0.25) is 0 Å². The third kappa shape index (κ3) is 4.25. The molecule has 0 amide bonds. The highest BCUT2D eigenvalue weighted by molar-refractivity contribution is 5.24. The highest BCUT2D eigenvalue weighted by atomic mass is 19.1. The molecule has 0 spiro atoms. The molecule has 2 atom stereocenters. The summed E-state index contributed by atoms with van der Waals surface area (Å²) in [5, 5.41) is 3.32. The van der Waals surface area contributed by atoms with Crippen LogP contribution in [0.25, 0.3) is 0 Å². The Morgan fingerprint density at radius 1 is 1.25 bits per heavy atom. The Balaban J connectivity index is 3.16. The monoisotopic (exact) mass is 285 g/mol. The summed E-state index contributed by atoms with van der Waals surface area (Å²) >= 11 is 0. The van der Waals surface area contributed by atoms with Crippen molar-refractivity contribution in [2.45, 2.75) is 46.3 Å². The van der Waals surface area contributed by atoms with E-state index in [4.69, 9.17) is 4.74 Å². The first kappa shape index (κ1) is 17.1. The molecule has 0 aliphatic carbocycles. The van der Waals surface area contributed by atoms with Crippen molar-refractivity contribution in [3.63, 3.8) is 0 Å². The van der Waals surface area contributed by atoms with Gasteiger partial charge in [0.15, 0.2) is 0 Å². The van der Waals surface area contributed by atoms with Gasteiger partial charge in [0, 0.05) is 18.7 Å². The van der Waals surface area contributed by atoms with Crippen molar-refractivity contribution in [1.82, 2.24) is 5.32 Å². The Kier molecular flexibility index (Phi) is 6.08. The van der Waals surface area contributed by atoms with Gasteiger partial charge < -0.3 is 10.1 Å². The van der Waals surface area contributed by atoms with Crippen LogP contribution < -0.4 is 5.32 Å². The topological polar surface area (TPSA) is 21.3 Å². The number of nitrogens with one attached hydrogen (secondary N) is 1. The van der Waals surface area contributed by atoms with E-state index in [1.54, 1.807) is 7.11 Å². The maximum atomic E-state index is 14.1. The van der Waals surface area contributed by atoms with Crippen molar-refractivity contribution in [1.29, 1.82) is 0 Å². The van der Waals surface area contributed by atoms with Crippen molar-refractivity contribution < 1.29 is 13.5 Å². The van der Waals surface area contributed by atoms with Gasteiger partial charge in [0.2, 0.25) is 0 Å². The van der Waals surface area contributed by atoms with Gasteiger partial charge in [0.1, 0.15) is 11.6 Å². The molecule has 0 saturated carbocycles. The first-order valence-electron chi connectivity index (χ1n) is 7.02. The summed E-state index contributed by atoms with van der Waals surface area (Å²) < 4.78 is 32.8. The Morgan fingerprint density at radius 2 is 1.90 bits per heavy atom. The second-order valence-electron chi connectivity index (χ2n) is 6.12. The maximum Gasteiger partial charge on any atom is 0.130 e.